The molecule has 21 heavy (non-hydrogen) atoms. The third-order valence-electron chi connectivity index (χ3n) is 3.26. The highest BCUT2D eigenvalue weighted by Crippen LogP contribution is 2.20. The molecule has 1 unspecified atom stereocenters. The van der Waals surface area contributed by atoms with E-state index in [1.54, 1.807) is 0 Å². The summed E-state index contributed by atoms with van der Waals surface area (Å²) in [5.41, 5.74) is 12.2. The number of nitrogens with one attached hydrogen (secondary N) is 2. The van der Waals surface area contributed by atoms with E-state index < -0.39 is 17.6 Å². The average Bonchev–Trinajstić information content (AvgIpc) is 2.37. The zero-order chi connectivity index (χ0) is 16.0. The lowest BCUT2D eigenvalue weighted by Crippen LogP contribution is -2.49. The number of primary amides is 1. The molecular weight excluding hydrogens is 268 g/mol. The Morgan fingerprint density at radius 1 is 1.29 bits per heavy atom. The Hall–Kier alpha value is -2.08. The zero-order valence-electron chi connectivity index (χ0n) is 12.8. The largest absolute Gasteiger partial charge is 0.352 e. The van der Waals surface area contributed by atoms with Crippen LogP contribution >= 0.6 is 0 Å². The first-order chi connectivity index (χ1) is 9.75. The summed E-state index contributed by atoms with van der Waals surface area (Å²) in [6, 6.07) is 6.44. The maximum atomic E-state index is 12.1. The molecule has 0 aromatic heterocycles. The molecule has 1 aromatic carbocycles. The lowest BCUT2D eigenvalue weighted by Gasteiger charge is -2.26. The summed E-state index contributed by atoms with van der Waals surface area (Å²) in [5, 5.41) is 5.46. The molecule has 0 spiro atoms. The SMILES string of the molecule is Cc1ccccc1C(CC(=O)NC(C)(C)CN)NC(N)=O. The van der Waals surface area contributed by atoms with Crippen LogP contribution in [0.2, 0.25) is 0 Å². The highest BCUT2D eigenvalue weighted by molar-refractivity contribution is 5.79. The molecule has 0 aliphatic heterocycles. The molecule has 116 valence electrons. The standard InChI is InChI=1S/C15H24N4O2/c1-10-6-4-5-7-11(10)12(18-14(17)21)8-13(20)19-15(2,3)9-16/h4-7,12H,8-9,16H2,1-3H3,(H,19,20)(H3,17,18,21). The number of hydrogen-bond donors (Lipinski definition) is 4. The monoisotopic (exact) mass is 292 g/mol. The molecule has 0 heterocycles. The Morgan fingerprint density at radius 2 is 1.90 bits per heavy atom. The second-order valence-corrected chi connectivity index (χ2v) is 5.76. The Kier molecular flexibility index (Phi) is 5.72. The van der Waals surface area contributed by atoms with E-state index in [4.69, 9.17) is 11.5 Å². The highest BCUT2D eigenvalue weighted by atomic mass is 16.2. The van der Waals surface area contributed by atoms with Gasteiger partial charge in [-0.2, -0.15) is 0 Å². The van der Waals surface area contributed by atoms with Crippen LogP contribution in [0, 0.1) is 6.92 Å². The van der Waals surface area contributed by atoms with Gasteiger partial charge in [0.25, 0.3) is 0 Å². The number of amides is 3. The number of aryl methyl sites for hydroxylation is 1. The molecule has 0 bridgehead atoms. The van der Waals surface area contributed by atoms with Crippen molar-refractivity contribution < 1.29 is 9.59 Å². The first-order valence-electron chi connectivity index (χ1n) is 6.88. The fourth-order valence-electron chi connectivity index (χ4n) is 2.05. The van der Waals surface area contributed by atoms with Crippen molar-refractivity contribution in [3.63, 3.8) is 0 Å². The molecule has 1 rings (SSSR count). The number of rotatable bonds is 6. The van der Waals surface area contributed by atoms with Crippen molar-refractivity contribution in [3.05, 3.63) is 35.4 Å². The molecule has 0 aliphatic rings. The molecule has 0 radical (unpaired) electrons. The van der Waals surface area contributed by atoms with E-state index >= 15 is 0 Å². The Morgan fingerprint density at radius 3 is 2.43 bits per heavy atom. The second-order valence-electron chi connectivity index (χ2n) is 5.76. The van der Waals surface area contributed by atoms with E-state index in [-0.39, 0.29) is 12.3 Å². The topological polar surface area (TPSA) is 110 Å². The van der Waals surface area contributed by atoms with Crippen molar-refractivity contribution in [1.29, 1.82) is 0 Å². The molecular formula is C15H24N4O2. The molecule has 6 N–H and O–H groups in total. The smallest absolute Gasteiger partial charge is 0.312 e. The fraction of sp³-hybridized carbons (Fsp3) is 0.467. The Balaban J connectivity index is 2.87. The van der Waals surface area contributed by atoms with Crippen LogP contribution in [0.3, 0.4) is 0 Å². The van der Waals surface area contributed by atoms with Crippen molar-refractivity contribution in [2.75, 3.05) is 6.54 Å². The van der Waals surface area contributed by atoms with Crippen molar-refractivity contribution in [2.24, 2.45) is 11.5 Å². The third-order valence-corrected chi connectivity index (χ3v) is 3.26. The zero-order valence-corrected chi connectivity index (χ0v) is 12.8. The molecule has 0 saturated carbocycles. The van der Waals surface area contributed by atoms with Crippen molar-refractivity contribution in [2.45, 2.75) is 38.8 Å². The maximum absolute atomic E-state index is 12.1. The fourth-order valence-corrected chi connectivity index (χ4v) is 2.05. The van der Waals surface area contributed by atoms with E-state index in [0.29, 0.717) is 6.54 Å². The number of hydrogen-bond acceptors (Lipinski definition) is 3. The van der Waals surface area contributed by atoms with E-state index in [1.807, 2.05) is 45.0 Å². The molecule has 6 nitrogen and oxygen atoms in total. The van der Waals surface area contributed by atoms with E-state index in [2.05, 4.69) is 10.6 Å². The number of nitrogens with two attached hydrogens (primary N) is 2. The molecule has 0 aliphatic carbocycles. The summed E-state index contributed by atoms with van der Waals surface area (Å²) in [4.78, 5) is 23.3. The van der Waals surface area contributed by atoms with E-state index in [9.17, 15) is 9.59 Å². The van der Waals surface area contributed by atoms with Crippen LogP contribution in [0.1, 0.15) is 37.4 Å². The number of carbonyl (C=O) groups is 2. The summed E-state index contributed by atoms with van der Waals surface area (Å²) in [7, 11) is 0. The Bertz CT molecular complexity index is 514. The normalized spacial score (nSPS) is 12.6. The average molecular weight is 292 g/mol. The highest BCUT2D eigenvalue weighted by Gasteiger charge is 2.23. The van der Waals surface area contributed by atoms with Gasteiger partial charge >= 0.3 is 6.03 Å². The van der Waals surface area contributed by atoms with Gasteiger partial charge in [0.05, 0.1) is 12.5 Å². The summed E-state index contributed by atoms with van der Waals surface area (Å²) in [5.74, 6) is -0.188. The maximum Gasteiger partial charge on any atom is 0.312 e. The van der Waals surface area contributed by atoms with E-state index in [1.165, 1.54) is 0 Å². The predicted molar refractivity (Wildman–Crippen MR) is 82.5 cm³/mol. The van der Waals surface area contributed by atoms with Crippen LogP contribution in [-0.2, 0) is 4.79 Å². The first-order valence-corrected chi connectivity index (χ1v) is 6.88. The summed E-state index contributed by atoms with van der Waals surface area (Å²) in [6.45, 7) is 5.94. The van der Waals surface area contributed by atoms with Crippen LogP contribution in [-0.4, -0.2) is 24.0 Å². The second kappa shape index (κ2) is 7.08. The minimum absolute atomic E-state index is 0.108. The number of benzene rings is 1. The number of urea groups is 1. The van der Waals surface area contributed by atoms with Crippen LogP contribution in [0.5, 0.6) is 0 Å². The van der Waals surface area contributed by atoms with Crippen molar-refractivity contribution >= 4 is 11.9 Å². The van der Waals surface area contributed by atoms with Gasteiger partial charge in [-0.05, 0) is 31.9 Å². The summed E-state index contributed by atoms with van der Waals surface area (Å²) in [6.07, 6.45) is 0.108. The number of carbonyl (C=O) groups excluding carboxylic acids is 2. The Labute approximate surface area is 125 Å². The molecule has 0 fully saturated rings. The molecule has 6 heteroatoms. The van der Waals surface area contributed by atoms with Crippen molar-refractivity contribution in [1.82, 2.24) is 10.6 Å². The summed E-state index contributed by atoms with van der Waals surface area (Å²) < 4.78 is 0. The first kappa shape index (κ1) is 17.0. The summed E-state index contributed by atoms with van der Waals surface area (Å²) >= 11 is 0. The van der Waals surface area contributed by atoms with Gasteiger partial charge in [0, 0.05) is 12.1 Å². The van der Waals surface area contributed by atoms with Crippen LogP contribution in [0.4, 0.5) is 4.79 Å². The molecule has 1 atom stereocenters. The van der Waals surface area contributed by atoms with Gasteiger partial charge in [-0.15, -0.1) is 0 Å². The van der Waals surface area contributed by atoms with Gasteiger partial charge in [0.1, 0.15) is 0 Å². The molecule has 1 aromatic rings. The quantitative estimate of drug-likeness (QED) is 0.626. The minimum Gasteiger partial charge on any atom is -0.352 e. The van der Waals surface area contributed by atoms with Crippen LogP contribution in [0.25, 0.3) is 0 Å². The van der Waals surface area contributed by atoms with Gasteiger partial charge < -0.3 is 22.1 Å². The van der Waals surface area contributed by atoms with Gasteiger partial charge in [0.2, 0.25) is 5.91 Å². The van der Waals surface area contributed by atoms with Crippen LogP contribution in [0.15, 0.2) is 24.3 Å². The molecule has 0 saturated heterocycles. The lowest BCUT2D eigenvalue weighted by atomic mass is 9.97. The third kappa shape index (κ3) is 5.43. The minimum atomic E-state index is -0.658. The van der Waals surface area contributed by atoms with Gasteiger partial charge in [-0.3, -0.25) is 4.79 Å². The lowest BCUT2D eigenvalue weighted by molar-refractivity contribution is -0.123. The van der Waals surface area contributed by atoms with E-state index in [0.717, 1.165) is 11.1 Å². The molecule has 3 amide bonds. The van der Waals surface area contributed by atoms with Gasteiger partial charge in [0.15, 0.2) is 0 Å². The van der Waals surface area contributed by atoms with Crippen molar-refractivity contribution in [3.8, 4) is 0 Å². The predicted octanol–water partition coefficient (Wildman–Crippen LogP) is 0.948. The van der Waals surface area contributed by atoms with Crippen LogP contribution < -0.4 is 22.1 Å². The van der Waals surface area contributed by atoms with Gasteiger partial charge in [-0.25, -0.2) is 4.79 Å². The van der Waals surface area contributed by atoms with Gasteiger partial charge in [-0.1, -0.05) is 24.3 Å².